The molecule has 1 aromatic carbocycles. The predicted octanol–water partition coefficient (Wildman–Crippen LogP) is 2.73. The van der Waals surface area contributed by atoms with Crippen molar-refractivity contribution >= 4 is 17.2 Å². The third kappa shape index (κ3) is 3.79. The Morgan fingerprint density at radius 2 is 1.93 bits per heavy atom. The van der Waals surface area contributed by atoms with E-state index in [1.807, 2.05) is 38.1 Å². The Labute approximate surface area is 165 Å². The van der Waals surface area contributed by atoms with Crippen LogP contribution < -0.4 is 5.32 Å². The van der Waals surface area contributed by atoms with E-state index in [0.717, 1.165) is 21.8 Å². The van der Waals surface area contributed by atoms with Gasteiger partial charge in [0, 0.05) is 18.0 Å². The summed E-state index contributed by atoms with van der Waals surface area (Å²) in [6.45, 7) is 4.31. The lowest BCUT2D eigenvalue weighted by atomic mass is 10.1. The van der Waals surface area contributed by atoms with E-state index in [2.05, 4.69) is 36.9 Å². The Morgan fingerprint density at radius 3 is 2.71 bits per heavy atom. The summed E-state index contributed by atoms with van der Waals surface area (Å²) in [5.41, 5.74) is 4.32. The number of carbonyl (C=O) groups is 1. The molecule has 8 nitrogen and oxygen atoms in total. The smallest absolute Gasteiger partial charge is 0.273 e. The van der Waals surface area contributed by atoms with E-state index in [-0.39, 0.29) is 18.1 Å². The van der Waals surface area contributed by atoms with Gasteiger partial charge < -0.3 is 5.32 Å². The van der Waals surface area contributed by atoms with Crippen molar-refractivity contribution in [1.82, 2.24) is 35.5 Å². The number of aryl methyl sites for hydroxylation is 2. The molecule has 0 aliphatic rings. The van der Waals surface area contributed by atoms with Crippen LogP contribution in [0.5, 0.6) is 0 Å². The molecule has 1 amide bonds. The first-order valence-corrected chi connectivity index (χ1v) is 9.43. The van der Waals surface area contributed by atoms with Gasteiger partial charge >= 0.3 is 0 Å². The SMILES string of the molecule is Cc1ccc(-n2cc(C(=O)NCc3nnc(-c4ccncc4)s3)nn2)c(C)c1. The zero-order chi connectivity index (χ0) is 19.5. The molecule has 9 heteroatoms. The van der Waals surface area contributed by atoms with Gasteiger partial charge in [-0.3, -0.25) is 9.78 Å². The van der Waals surface area contributed by atoms with Crippen molar-refractivity contribution in [3.05, 3.63) is 70.8 Å². The minimum atomic E-state index is -0.309. The average Bonchev–Trinajstić information content (AvgIpc) is 3.37. The summed E-state index contributed by atoms with van der Waals surface area (Å²) >= 11 is 1.42. The first kappa shape index (κ1) is 17.9. The molecule has 140 valence electrons. The monoisotopic (exact) mass is 391 g/mol. The van der Waals surface area contributed by atoms with Gasteiger partial charge in [0.25, 0.3) is 5.91 Å². The molecule has 0 unspecified atom stereocenters. The van der Waals surface area contributed by atoms with Crippen molar-refractivity contribution in [2.75, 3.05) is 0 Å². The minimum Gasteiger partial charge on any atom is -0.344 e. The lowest BCUT2D eigenvalue weighted by molar-refractivity contribution is 0.0945. The van der Waals surface area contributed by atoms with Crippen LogP contribution in [0.1, 0.15) is 26.6 Å². The minimum absolute atomic E-state index is 0.249. The fourth-order valence-corrected chi connectivity index (χ4v) is 3.52. The third-order valence-corrected chi connectivity index (χ3v) is 5.09. The van der Waals surface area contributed by atoms with Gasteiger partial charge in [0.2, 0.25) is 0 Å². The molecule has 0 spiro atoms. The van der Waals surface area contributed by atoms with E-state index in [9.17, 15) is 4.79 Å². The number of benzene rings is 1. The molecule has 0 atom stereocenters. The van der Waals surface area contributed by atoms with E-state index in [4.69, 9.17) is 0 Å². The highest BCUT2D eigenvalue weighted by atomic mass is 32.1. The molecule has 0 bridgehead atoms. The molecular formula is C19H17N7OS. The van der Waals surface area contributed by atoms with E-state index < -0.39 is 0 Å². The Bertz CT molecular complexity index is 1120. The van der Waals surface area contributed by atoms with E-state index in [1.165, 1.54) is 16.9 Å². The molecule has 4 rings (SSSR count). The van der Waals surface area contributed by atoms with Crippen molar-refractivity contribution in [3.63, 3.8) is 0 Å². The van der Waals surface area contributed by atoms with Crippen molar-refractivity contribution in [1.29, 1.82) is 0 Å². The first-order chi connectivity index (χ1) is 13.6. The molecule has 1 N–H and O–H groups in total. The van der Waals surface area contributed by atoms with Crippen LogP contribution in [-0.2, 0) is 6.54 Å². The fraction of sp³-hybridized carbons (Fsp3) is 0.158. The summed E-state index contributed by atoms with van der Waals surface area (Å²) in [6, 6.07) is 9.76. The number of hydrogen-bond donors (Lipinski definition) is 1. The summed E-state index contributed by atoms with van der Waals surface area (Å²) in [6.07, 6.45) is 5.03. The predicted molar refractivity (Wildman–Crippen MR) is 105 cm³/mol. The van der Waals surface area contributed by atoms with Gasteiger partial charge in [0.15, 0.2) is 5.69 Å². The molecule has 0 fully saturated rings. The number of nitrogens with zero attached hydrogens (tertiary/aromatic N) is 6. The second-order valence-corrected chi connectivity index (χ2v) is 7.32. The van der Waals surface area contributed by atoms with Crippen LogP contribution in [0.25, 0.3) is 16.3 Å². The highest BCUT2D eigenvalue weighted by Gasteiger charge is 2.14. The largest absolute Gasteiger partial charge is 0.344 e. The van der Waals surface area contributed by atoms with Crippen LogP contribution in [0.4, 0.5) is 0 Å². The average molecular weight is 391 g/mol. The summed E-state index contributed by atoms with van der Waals surface area (Å²) in [7, 11) is 0. The summed E-state index contributed by atoms with van der Waals surface area (Å²) in [4.78, 5) is 16.4. The quantitative estimate of drug-likeness (QED) is 0.562. The maximum atomic E-state index is 12.4. The molecule has 28 heavy (non-hydrogen) atoms. The standard InChI is InChI=1S/C19H17N7OS/c1-12-3-4-16(13(2)9-12)26-11-15(22-25-26)18(27)21-10-17-23-24-19(28-17)14-5-7-20-8-6-14/h3-9,11H,10H2,1-2H3,(H,21,27). The van der Waals surface area contributed by atoms with Crippen molar-refractivity contribution < 1.29 is 4.79 Å². The van der Waals surface area contributed by atoms with Gasteiger partial charge in [0.05, 0.1) is 18.4 Å². The number of aromatic nitrogens is 6. The number of amides is 1. The van der Waals surface area contributed by atoms with Crippen molar-refractivity contribution in [3.8, 4) is 16.3 Å². The van der Waals surface area contributed by atoms with Crippen LogP contribution >= 0.6 is 11.3 Å². The van der Waals surface area contributed by atoms with Crippen LogP contribution in [0, 0.1) is 13.8 Å². The van der Waals surface area contributed by atoms with E-state index in [0.29, 0.717) is 5.01 Å². The number of rotatable bonds is 5. The Hall–Kier alpha value is -3.46. The normalized spacial score (nSPS) is 10.8. The zero-order valence-corrected chi connectivity index (χ0v) is 16.1. The van der Waals surface area contributed by atoms with Crippen molar-refractivity contribution in [2.24, 2.45) is 0 Å². The van der Waals surface area contributed by atoms with E-state index in [1.54, 1.807) is 23.3 Å². The molecule has 0 aliphatic carbocycles. The molecule has 0 saturated carbocycles. The molecular weight excluding hydrogens is 374 g/mol. The lowest BCUT2D eigenvalue weighted by Gasteiger charge is -2.05. The third-order valence-electron chi connectivity index (χ3n) is 4.12. The van der Waals surface area contributed by atoms with Gasteiger partial charge in [-0.05, 0) is 37.6 Å². The van der Waals surface area contributed by atoms with E-state index >= 15 is 0 Å². The van der Waals surface area contributed by atoms with Crippen LogP contribution in [-0.4, -0.2) is 36.1 Å². The van der Waals surface area contributed by atoms with Gasteiger partial charge in [-0.15, -0.1) is 15.3 Å². The Balaban J connectivity index is 1.42. The molecule has 0 aliphatic heterocycles. The molecule has 3 heterocycles. The summed E-state index contributed by atoms with van der Waals surface area (Å²) in [5, 5.41) is 20.6. The maximum absolute atomic E-state index is 12.4. The topological polar surface area (TPSA) is 98.5 Å². The first-order valence-electron chi connectivity index (χ1n) is 8.61. The number of carbonyl (C=O) groups excluding carboxylic acids is 1. The summed E-state index contributed by atoms with van der Waals surface area (Å²) < 4.78 is 1.61. The summed E-state index contributed by atoms with van der Waals surface area (Å²) in [5.74, 6) is -0.309. The number of nitrogens with one attached hydrogen (secondary N) is 1. The van der Waals surface area contributed by atoms with Gasteiger partial charge in [0.1, 0.15) is 10.0 Å². The van der Waals surface area contributed by atoms with Crippen LogP contribution in [0.15, 0.2) is 48.9 Å². The highest BCUT2D eigenvalue weighted by Crippen LogP contribution is 2.22. The molecule has 4 aromatic rings. The fourth-order valence-electron chi connectivity index (χ4n) is 2.73. The van der Waals surface area contributed by atoms with Crippen molar-refractivity contribution in [2.45, 2.75) is 20.4 Å². The second-order valence-electron chi connectivity index (χ2n) is 6.26. The second kappa shape index (κ2) is 7.65. The zero-order valence-electron chi connectivity index (χ0n) is 15.3. The Kier molecular flexibility index (Phi) is 4.90. The molecule has 0 saturated heterocycles. The van der Waals surface area contributed by atoms with Crippen LogP contribution in [0.3, 0.4) is 0 Å². The number of pyridine rings is 1. The number of hydrogen-bond acceptors (Lipinski definition) is 7. The van der Waals surface area contributed by atoms with Crippen LogP contribution in [0.2, 0.25) is 0 Å². The molecule has 3 aromatic heterocycles. The Morgan fingerprint density at radius 1 is 1.11 bits per heavy atom. The lowest BCUT2D eigenvalue weighted by Crippen LogP contribution is -2.23. The highest BCUT2D eigenvalue weighted by molar-refractivity contribution is 7.14. The molecule has 0 radical (unpaired) electrons. The van der Waals surface area contributed by atoms with Gasteiger partial charge in [-0.25, -0.2) is 4.68 Å². The van der Waals surface area contributed by atoms with Gasteiger partial charge in [-0.1, -0.05) is 34.2 Å². The van der Waals surface area contributed by atoms with Gasteiger partial charge in [-0.2, -0.15) is 0 Å². The maximum Gasteiger partial charge on any atom is 0.273 e.